The van der Waals surface area contributed by atoms with Gasteiger partial charge in [-0.1, -0.05) is 40.2 Å². The van der Waals surface area contributed by atoms with Crippen molar-refractivity contribution in [2.24, 2.45) is 0 Å². The predicted octanol–water partition coefficient (Wildman–Crippen LogP) is 3.61. The number of ether oxygens (including phenoxy) is 1. The second-order valence-corrected chi connectivity index (χ2v) is 5.54. The van der Waals surface area contributed by atoms with Gasteiger partial charge in [0.15, 0.2) is 0 Å². The van der Waals surface area contributed by atoms with Gasteiger partial charge in [-0.05, 0) is 36.8 Å². The topological polar surface area (TPSA) is 41.5 Å². The first kappa shape index (κ1) is 14.9. The van der Waals surface area contributed by atoms with Crippen LogP contribution in [0.5, 0.6) is 5.75 Å². The highest BCUT2D eigenvalue weighted by atomic mass is 79.9. The third kappa shape index (κ3) is 4.54. The number of halogens is 1. The van der Waals surface area contributed by atoms with Gasteiger partial charge in [-0.25, -0.2) is 0 Å². The highest BCUT2D eigenvalue weighted by Gasteiger charge is 2.06. The largest absolute Gasteiger partial charge is 0.491 e. The van der Waals surface area contributed by atoms with Gasteiger partial charge in [0.25, 0.3) is 0 Å². The van der Waals surface area contributed by atoms with Gasteiger partial charge >= 0.3 is 0 Å². The molecule has 2 aromatic carbocycles. The summed E-state index contributed by atoms with van der Waals surface area (Å²) in [5.41, 5.74) is 2.04. The number of aryl methyl sites for hydroxylation is 1. The van der Waals surface area contributed by atoms with E-state index in [-0.39, 0.29) is 6.61 Å². The fraction of sp³-hybridized carbons (Fsp3) is 0.250. The maximum atomic E-state index is 9.93. The number of anilines is 1. The van der Waals surface area contributed by atoms with Crippen molar-refractivity contribution in [3.8, 4) is 5.75 Å². The summed E-state index contributed by atoms with van der Waals surface area (Å²) >= 11 is 3.41. The molecule has 2 aromatic rings. The van der Waals surface area contributed by atoms with Gasteiger partial charge in [0, 0.05) is 16.7 Å². The lowest BCUT2D eigenvalue weighted by Crippen LogP contribution is -2.26. The summed E-state index contributed by atoms with van der Waals surface area (Å²) in [4.78, 5) is 0. The van der Waals surface area contributed by atoms with Crippen molar-refractivity contribution in [2.45, 2.75) is 13.0 Å². The third-order valence-corrected chi connectivity index (χ3v) is 3.38. The Morgan fingerprint density at radius 1 is 1.20 bits per heavy atom. The van der Waals surface area contributed by atoms with Crippen molar-refractivity contribution >= 4 is 21.6 Å². The van der Waals surface area contributed by atoms with E-state index in [1.807, 2.05) is 55.5 Å². The van der Waals surface area contributed by atoms with E-state index < -0.39 is 6.10 Å². The van der Waals surface area contributed by atoms with Crippen molar-refractivity contribution in [2.75, 3.05) is 18.5 Å². The monoisotopic (exact) mass is 335 g/mol. The Hall–Kier alpha value is -1.52. The molecule has 0 saturated heterocycles. The smallest absolute Gasteiger partial charge is 0.122 e. The number of aliphatic hydroxyl groups excluding tert-OH is 1. The molecule has 0 amide bonds. The van der Waals surface area contributed by atoms with E-state index in [0.29, 0.717) is 6.54 Å². The first-order valence-electron chi connectivity index (χ1n) is 6.51. The van der Waals surface area contributed by atoms with E-state index in [4.69, 9.17) is 4.74 Å². The van der Waals surface area contributed by atoms with Crippen molar-refractivity contribution in [3.63, 3.8) is 0 Å². The zero-order valence-electron chi connectivity index (χ0n) is 11.3. The Morgan fingerprint density at radius 3 is 2.75 bits per heavy atom. The summed E-state index contributed by atoms with van der Waals surface area (Å²) < 4.78 is 6.62. The molecule has 0 saturated carbocycles. The molecule has 0 aliphatic rings. The minimum absolute atomic E-state index is 0.270. The quantitative estimate of drug-likeness (QED) is 0.847. The molecular formula is C16H18BrNO2. The number of para-hydroxylation sites is 1. The van der Waals surface area contributed by atoms with Crippen LogP contribution in [0.2, 0.25) is 0 Å². The van der Waals surface area contributed by atoms with Crippen LogP contribution in [0.4, 0.5) is 5.69 Å². The molecule has 1 unspecified atom stereocenters. The van der Waals surface area contributed by atoms with Crippen LogP contribution in [-0.2, 0) is 0 Å². The first-order valence-corrected chi connectivity index (χ1v) is 7.30. The summed E-state index contributed by atoms with van der Waals surface area (Å²) in [6.07, 6.45) is -0.561. The normalized spacial score (nSPS) is 11.9. The first-order chi connectivity index (χ1) is 9.65. The van der Waals surface area contributed by atoms with Crippen molar-refractivity contribution < 1.29 is 9.84 Å². The zero-order chi connectivity index (χ0) is 14.4. The molecule has 0 aliphatic carbocycles. The lowest BCUT2D eigenvalue weighted by molar-refractivity contribution is 0.117. The SMILES string of the molecule is Cc1ccccc1OCC(O)CNc1cccc(Br)c1. The summed E-state index contributed by atoms with van der Waals surface area (Å²) in [6.45, 7) is 2.70. The Morgan fingerprint density at radius 2 is 2.00 bits per heavy atom. The van der Waals surface area contributed by atoms with Crippen LogP contribution in [0.15, 0.2) is 53.0 Å². The molecule has 106 valence electrons. The summed E-state index contributed by atoms with van der Waals surface area (Å²) in [7, 11) is 0. The maximum Gasteiger partial charge on any atom is 0.122 e. The number of rotatable bonds is 6. The van der Waals surface area contributed by atoms with Gasteiger partial charge in [0.1, 0.15) is 18.5 Å². The van der Waals surface area contributed by atoms with Crippen molar-refractivity contribution in [3.05, 3.63) is 58.6 Å². The Balaban J connectivity index is 1.78. The number of nitrogens with one attached hydrogen (secondary N) is 1. The van der Waals surface area contributed by atoms with Crippen LogP contribution in [0.1, 0.15) is 5.56 Å². The molecule has 0 fully saturated rings. The molecular weight excluding hydrogens is 318 g/mol. The van der Waals surface area contributed by atoms with Crippen LogP contribution < -0.4 is 10.1 Å². The van der Waals surface area contributed by atoms with Gasteiger partial charge in [0.05, 0.1) is 0 Å². The summed E-state index contributed by atoms with van der Waals surface area (Å²) in [6, 6.07) is 15.6. The van der Waals surface area contributed by atoms with Crippen LogP contribution in [0, 0.1) is 6.92 Å². The number of hydrogen-bond donors (Lipinski definition) is 2. The third-order valence-electron chi connectivity index (χ3n) is 2.89. The molecule has 3 nitrogen and oxygen atoms in total. The molecule has 2 N–H and O–H groups in total. The maximum absolute atomic E-state index is 9.93. The van der Waals surface area contributed by atoms with Crippen LogP contribution in [-0.4, -0.2) is 24.4 Å². The summed E-state index contributed by atoms with van der Waals surface area (Å²) in [5.74, 6) is 0.814. The van der Waals surface area contributed by atoms with E-state index in [1.54, 1.807) is 0 Å². The molecule has 0 aromatic heterocycles. The average molecular weight is 336 g/mol. The standard InChI is InChI=1S/C16H18BrNO2/c1-12-5-2-3-8-16(12)20-11-15(19)10-18-14-7-4-6-13(17)9-14/h2-9,15,18-19H,10-11H2,1H3. The molecule has 0 heterocycles. The minimum Gasteiger partial charge on any atom is -0.491 e. The van der Waals surface area contributed by atoms with E-state index in [2.05, 4.69) is 21.2 Å². The van der Waals surface area contributed by atoms with E-state index in [9.17, 15) is 5.11 Å². The molecule has 2 rings (SSSR count). The second kappa shape index (κ2) is 7.31. The highest BCUT2D eigenvalue weighted by Crippen LogP contribution is 2.17. The fourth-order valence-electron chi connectivity index (χ4n) is 1.80. The molecule has 4 heteroatoms. The zero-order valence-corrected chi connectivity index (χ0v) is 12.9. The molecule has 0 aliphatic heterocycles. The predicted molar refractivity (Wildman–Crippen MR) is 85.3 cm³/mol. The highest BCUT2D eigenvalue weighted by molar-refractivity contribution is 9.10. The van der Waals surface area contributed by atoms with Crippen molar-refractivity contribution in [1.82, 2.24) is 0 Å². The van der Waals surface area contributed by atoms with Crippen LogP contribution >= 0.6 is 15.9 Å². The number of aliphatic hydroxyl groups is 1. The van der Waals surface area contributed by atoms with Crippen LogP contribution in [0.25, 0.3) is 0 Å². The fourth-order valence-corrected chi connectivity index (χ4v) is 2.20. The lowest BCUT2D eigenvalue weighted by atomic mass is 10.2. The Labute approximate surface area is 127 Å². The molecule has 20 heavy (non-hydrogen) atoms. The van der Waals surface area contributed by atoms with E-state index in [0.717, 1.165) is 21.5 Å². The van der Waals surface area contributed by atoms with Gasteiger partial charge in [0.2, 0.25) is 0 Å². The molecule has 1 atom stereocenters. The number of benzene rings is 2. The lowest BCUT2D eigenvalue weighted by Gasteiger charge is -2.15. The molecule has 0 spiro atoms. The van der Waals surface area contributed by atoms with Gasteiger partial charge < -0.3 is 15.2 Å². The summed E-state index contributed by atoms with van der Waals surface area (Å²) in [5, 5.41) is 13.1. The molecule has 0 radical (unpaired) electrons. The molecule has 0 bridgehead atoms. The van der Waals surface area contributed by atoms with Gasteiger partial charge in [-0.2, -0.15) is 0 Å². The minimum atomic E-state index is -0.561. The average Bonchev–Trinajstić information content (AvgIpc) is 2.44. The van der Waals surface area contributed by atoms with Crippen LogP contribution in [0.3, 0.4) is 0 Å². The van der Waals surface area contributed by atoms with Gasteiger partial charge in [-0.15, -0.1) is 0 Å². The second-order valence-electron chi connectivity index (χ2n) is 4.62. The Bertz CT molecular complexity index is 560. The Kier molecular flexibility index (Phi) is 5.44. The van der Waals surface area contributed by atoms with Gasteiger partial charge in [-0.3, -0.25) is 0 Å². The van der Waals surface area contributed by atoms with E-state index in [1.165, 1.54) is 0 Å². The van der Waals surface area contributed by atoms with Crippen molar-refractivity contribution in [1.29, 1.82) is 0 Å². The number of hydrogen-bond acceptors (Lipinski definition) is 3. The van der Waals surface area contributed by atoms with E-state index >= 15 is 0 Å².